The third-order valence-corrected chi connectivity index (χ3v) is 6.95. The maximum absolute atomic E-state index is 5.85. The van der Waals surface area contributed by atoms with E-state index in [4.69, 9.17) is 12.8 Å². The lowest BCUT2D eigenvalue weighted by Crippen LogP contribution is -2.00. The molecule has 174 valence electrons. The van der Waals surface area contributed by atoms with Gasteiger partial charge in [0.25, 0.3) is 0 Å². The van der Waals surface area contributed by atoms with E-state index in [1.165, 1.54) is 94.2 Å². The van der Waals surface area contributed by atoms with Crippen LogP contribution in [0.1, 0.15) is 108 Å². The largest absolute Gasteiger partial charge is 0.338 e. The molecule has 0 aliphatic carbocycles. The predicted molar refractivity (Wildman–Crippen MR) is 146 cm³/mol. The second kappa shape index (κ2) is 13.8. The van der Waals surface area contributed by atoms with Crippen LogP contribution in [0.2, 0.25) is 0 Å². The van der Waals surface area contributed by atoms with Gasteiger partial charge in [0.15, 0.2) is 0 Å². The molecule has 0 aliphatic rings. The van der Waals surface area contributed by atoms with Crippen LogP contribution in [-0.2, 0) is 6.54 Å². The highest BCUT2D eigenvalue weighted by atomic mass is 15.0. The molecule has 1 heterocycles. The molecule has 1 aromatic heterocycles. The SMILES string of the molecule is C#Cc1cccc2c3cccc(C#C)c3n(CCCCCCCCCCCCCCCC)c12. The highest BCUT2D eigenvalue weighted by molar-refractivity contribution is 6.11. The van der Waals surface area contributed by atoms with Gasteiger partial charge in [0.05, 0.1) is 11.0 Å². The number of aryl methyl sites for hydroxylation is 1. The van der Waals surface area contributed by atoms with Crippen molar-refractivity contribution in [2.75, 3.05) is 0 Å². The lowest BCUT2D eigenvalue weighted by molar-refractivity contribution is 0.528. The number of aromatic nitrogens is 1. The zero-order valence-corrected chi connectivity index (χ0v) is 20.7. The number of rotatable bonds is 15. The Morgan fingerprint density at radius 2 is 0.970 bits per heavy atom. The lowest BCUT2D eigenvalue weighted by Gasteiger charge is -2.10. The average Bonchev–Trinajstić information content (AvgIpc) is 3.18. The second-order valence-corrected chi connectivity index (χ2v) is 9.44. The van der Waals surface area contributed by atoms with Gasteiger partial charge in [-0.1, -0.05) is 127 Å². The zero-order chi connectivity index (χ0) is 23.3. The number of fused-ring (bicyclic) bond motifs is 3. The van der Waals surface area contributed by atoms with Crippen molar-refractivity contribution in [1.29, 1.82) is 0 Å². The van der Waals surface area contributed by atoms with Crippen LogP contribution in [0.25, 0.3) is 21.8 Å². The van der Waals surface area contributed by atoms with Crippen LogP contribution in [-0.4, -0.2) is 4.57 Å². The lowest BCUT2D eigenvalue weighted by atomic mass is 10.0. The Balaban J connectivity index is 1.45. The van der Waals surface area contributed by atoms with E-state index in [1.807, 2.05) is 12.1 Å². The van der Waals surface area contributed by atoms with Crippen LogP contribution in [0.15, 0.2) is 36.4 Å². The minimum absolute atomic E-state index is 0.956. The van der Waals surface area contributed by atoms with Crippen LogP contribution in [0.5, 0.6) is 0 Å². The molecule has 0 aliphatic heterocycles. The van der Waals surface area contributed by atoms with Crippen molar-refractivity contribution < 1.29 is 0 Å². The van der Waals surface area contributed by atoms with Gasteiger partial charge in [0.1, 0.15) is 0 Å². The van der Waals surface area contributed by atoms with Crippen LogP contribution in [0, 0.1) is 24.7 Å². The average molecular weight is 440 g/mol. The molecule has 0 saturated heterocycles. The summed E-state index contributed by atoms with van der Waals surface area (Å²) >= 11 is 0. The Kier molecular flexibility index (Phi) is 10.5. The molecule has 2 aromatic carbocycles. The van der Waals surface area contributed by atoms with Crippen LogP contribution in [0.4, 0.5) is 0 Å². The first-order chi connectivity index (χ1) is 16.3. The van der Waals surface area contributed by atoms with E-state index in [0.717, 1.165) is 35.1 Å². The molecule has 3 aromatic rings. The van der Waals surface area contributed by atoms with E-state index in [0.29, 0.717) is 0 Å². The summed E-state index contributed by atoms with van der Waals surface area (Å²) in [5.74, 6) is 5.78. The van der Waals surface area contributed by atoms with E-state index < -0.39 is 0 Å². The zero-order valence-electron chi connectivity index (χ0n) is 20.7. The van der Waals surface area contributed by atoms with E-state index in [9.17, 15) is 0 Å². The molecule has 0 fully saturated rings. The van der Waals surface area contributed by atoms with Gasteiger partial charge in [-0.2, -0.15) is 0 Å². The van der Waals surface area contributed by atoms with Gasteiger partial charge in [0, 0.05) is 28.4 Å². The highest BCUT2D eigenvalue weighted by Crippen LogP contribution is 2.33. The van der Waals surface area contributed by atoms with E-state index >= 15 is 0 Å². The van der Waals surface area contributed by atoms with Crippen molar-refractivity contribution in [3.05, 3.63) is 47.5 Å². The molecular weight excluding hydrogens is 398 g/mol. The standard InChI is InChI=1S/C32H41N/c1-4-7-8-9-10-11-12-13-14-15-16-17-18-19-26-33-31-27(5-2)22-20-24-29(31)30-25-21-23-28(6-3)32(30)33/h2-3,20-25H,4,7-19,26H2,1H3. The van der Waals surface area contributed by atoms with E-state index in [1.54, 1.807) is 0 Å². The smallest absolute Gasteiger partial charge is 0.0650 e. The van der Waals surface area contributed by atoms with Crippen molar-refractivity contribution in [2.24, 2.45) is 0 Å². The van der Waals surface area contributed by atoms with Gasteiger partial charge in [-0.25, -0.2) is 0 Å². The van der Waals surface area contributed by atoms with Crippen molar-refractivity contribution in [3.63, 3.8) is 0 Å². The number of benzene rings is 2. The van der Waals surface area contributed by atoms with E-state index in [-0.39, 0.29) is 0 Å². The Hall–Kier alpha value is -2.64. The summed E-state index contributed by atoms with van der Waals surface area (Å²) in [6, 6.07) is 12.5. The van der Waals surface area contributed by atoms with Gasteiger partial charge in [0.2, 0.25) is 0 Å². The molecular formula is C32H41N. The molecule has 0 radical (unpaired) electrons. The van der Waals surface area contributed by atoms with Gasteiger partial charge >= 0.3 is 0 Å². The number of hydrogen-bond acceptors (Lipinski definition) is 0. The van der Waals surface area contributed by atoms with Crippen molar-refractivity contribution in [3.8, 4) is 24.7 Å². The molecule has 0 amide bonds. The van der Waals surface area contributed by atoms with E-state index in [2.05, 4.69) is 47.6 Å². The maximum atomic E-state index is 5.85. The van der Waals surface area contributed by atoms with Gasteiger partial charge in [-0.15, -0.1) is 12.8 Å². The van der Waals surface area contributed by atoms with Crippen molar-refractivity contribution >= 4 is 21.8 Å². The Labute approximate surface area is 202 Å². The molecule has 3 rings (SSSR count). The summed E-state index contributed by atoms with van der Waals surface area (Å²) in [5.41, 5.74) is 4.23. The topological polar surface area (TPSA) is 4.93 Å². The van der Waals surface area contributed by atoms with Gasteiger partial charge < -0.3 is 4.57 Å². The van der Waals surface area contributed by atoms with Crippen LogP contribution >= 0.6 is 0 Å². The normalized spacial score (nSPS) is 11.1. The number of nitrogens with zero attached hydrogens (tertiary/aromatic N) is 1. The van der Waals surface area contributed by atoms with Crippen molar-refractivity contribution in [1.82, 2.24) is 4.57 Å². The minimum Gasteiger partial charge on any atom is -0.338 e. The monoisotopic (exact) mass is 439 g/mol. The van der Waals surface area contributed by atoms with Gasteiger partial charge in [-0.05, 0) is 18.6 Å². The summed E-state index contributed by atoms with van der Waals surface area (Å²) in [4.78, 5) is 0. The molecule has 0 saturated carbocycles. The van der Waals surface area contributed by atoms with Crippen LogP contribution in [0.3, 0.4) is 0 Å². The van der Waals surface area contributed by atoms with Gasteiger partial charge in [-0.3, -0.25) is 0 Å². The number of unbranched alkanes of at least 4 members (excludes halogenated alkanes) is 13. The first-order valence-corrected chi connectivity index (χ1v) is 13.3. The number of terminal acetylenes is 2. The quantitative estimate of drug-likeness (QED) is 0.164. The molecule has 1 nitrogen and oxygen atoms in total. The summed E-state index contributed by atoms with van der Waals surface area (Å²) < 4.78 is 2.38. The third-order valence-electron chi connectivity index (χ3n) is 6.95. The molecule has 0 spiro atoms. The fourth-order valence-corrected chi connectivity index (χ4v) is 5.14. The van der Waals surface area contributed by atoms with Crippen molar-refractivity contribution in [2.45, 2.75) is 103 Å². The third kappa shape index (κ3) is 6.68. The molecule has 0 unspecified atom stereocenters. The number of hydrogen-bond donors (Lipinski definition) is 0. The second-order valence-electron chi connectivity index (χ2n) is 9.44. The van der Waals surface area contributed by atoms with Crippen LogP contribution < -0.4 is 0 Å². The summed E-state index contributed by atoms with van der Waals surface area (Å²) in [6.45, 7) is 3.25. The summed E-state index contributed by atoms with van der Waals surface area (Å²) in [5, 5.41) is 2.42. The fourth-order valence-electron chi connectivity index (χ4n) is 5.14. The Bertz CT molecular complexity index is 1010. The fraction of sp³-hybridized carbons (Fsp3) is 0.500. The molecule has 33 heavy (non-hydrogen) atoms. The maximum Gasteiger partial charge on any atom is 0.0650 e. The minimum atomic E-state index is 0.956. The molecule has 0 N–H and O–H groups in total. The highest BCUT2D eigenvalue weighted by Gasteiger charge is 2.15. The Morgan fingerprint density at radius 3 is 1.36 bits per heavy atom. The molecule has 0 atom stereocenters. The molecule has 1 heteroatoms. The summed E-state index contributed by atoms with van der Waals surface area (Å²) in [7, 11) is 0. The first kappa shape index (κ1) is 25.0. The summed E-state index contributed by atoms with van der Waals surface area (Å²) in [6.07, 6.45) is 30.9. The molecule has 0 bridgehead atoms. The first-order valence-electron chi connectivity index (χ1n) is 13.3. The number of para-hydroxylation sites is 2. The Morgan fingerprint density at radius 1 is 0.576 bits per heavy atom. The predicted octanol–water partition coefficient (Wildman–Crippen LogP) is 9.24.